The minimum atomic E-state index is -0.501. The Morgan fingerprint density at radius 3 is 1.57 bits per heavy atom. The molecule has 0 fully saturated rings. The van der Waals surface area contributed by atoms with Crippen LogP contribution in [0.1, 0.15) is 11.0 Å². The number of rotatable bonds is 6. The minimum absolute atomic E-state index is 0.000391. The highest BCUT2D eigenvalue weighted by atomic mass is 15.0. The van der Waals surface area contributed by atoms with E-state index >= 15 is 0 Å². The molecule has 4 heteroatoms. The molecule has 0 spiro atoms. The summed E-state index contributed by atoms with van der Waals surface area (Å²) in [6.07, 6.45) is 0. The molecule has 248 valence electrons. The molecule has 10 aromatic rings. The minimum Gasteiger partial charge on any atom is -0.309 e. The molecule has 0 aliphatic carbocycles. The van der Waals surface area contributed by atoms with Crippen molar-refractivity contribution in [2.45, 2.75) is 0 Å². The summed E-state index contributed by atoms with van der Waals surface area (Å²) in [6.45, 7) is 0. The van der Waals surface area contributed by atoms with Crippen LogP contribution >= 0.6 is 0 Å². The van der Waals surface area contributed by atoms with E-state index in [-0.39, 0.29) is 33.9 Å². The normalized spacial score (nSPS) is 13.5. The van der Waals surface area contributed by atoms with Gasteiger partial charge in [0.25, 0.3) is 0 Å². The Kier molecular flexibility index (Phi) is 5.66. The molecule has 8 aromatic carbocycles. The standard InChI is InChI=1S/C49H32N4/c1-3-14-33(15-4-1)38-30-39(32-40(31-38)53-45-24-11-9-21-43(45)44-22-10-12-25-46(44)53)49-51-47(36-17-5-2-6-18-36)50-48(52-49)37-28-26-35(27-29-37)42-23-13-19-34-16-7-8-20-41(34)42/h1-32H/i9D,10D,11D,12D,21D,22D,24D,25D. The van der Waals surface area contributed by atoms with Crippen molar-refractivity contribution in [2.24, 2.45) is 0 Å². The zero-order valence-electron chi connectivity index (χ0n) is 36.1. The van der Waals surface area contributed by atoms with Crippen LogP contribution < -0.4 is 0 Å². The molecule has 10 rings (SSSR count). The fraction of sp³-hybridized carbons (Fsp3) is 0. The number of hydrogen-bond acceptors (Lipinski definition) is 3. The van der Waals surface area contributed by atoms with E-state index in [2.05, 4.69) is 42.5 Å². The van der Waals surface area contributed by atoms with Gasteiger partial charge in [-0.25, -0.2) is 15.0 Å². The highest BCUT2D eigenvalue weighted by Gasteiger charge is 2.17. The maximum absolute atomic E-state index is 9.13. The molecule has 0 bridgehead atoms. The first kappa shape index (κ1) is 23.3. The van der Waals surface area contributed by atoms with E-state index in [4.69, 9.17) is 25.9 Å². The van der Waals surface area contributed by atoms with Crippen LogP contribution in [-0.2, 0) is 0 Å². The van der Waals surface area contributed by atoms with Gasteiger partial charge in [0.05, 0.1) is 22.0 Å². The first-order valence-corrected chi connectivity index (χ1v) is 17.2. The number of hydrogen-bond donors (Lipinski definition) is 0. The zero-order chi connectivity index (χ0) is 42.1. The number of nitrogens with zero attached hydrogens (tertiary/aromatic N) is 4. The van der Waals surface area contributed by atoms with Crippen LogP contribution in [0.4, 0.5) is 0 Å². The van der Waals surface area contributed by atoms with Gasteiger partial charge < -0.3 is 4.57 Å². The number of fused-ring (bicyclic) bond motifs is 4. The van der Waals surface area contributed by atoms with E-state index in [9.17, 15) is 0 Å². The summed E-state index contributed by atoms with van der Waals surface area (Å²) < 4.78 is 72.0. The van der Waals surface area contributed by atoms with Gasteiger partial charge in [0.1, 0.15) is 0 Å². The monoisotopic (exact) mass is 684 g/mol. The van der Waals surface area contributed by atoms with Crippen LogP contribution in [0.3, 0.4) is 0 Å². The number of para-hydroxylation sites is 2. The molecule has 4 nitrogen and oxygen atoms in total. The summed E-state index contributed by atoms with van der Waals surface area (Å²) in [4.78, 5) is 15.1. The summed E-state index contributed by atoms with van der Waals surface area (Å²) in [5.74, 6) is 1.19. The van der Waals surface area contributed by atoms with Gasteiger partial charge in [0.2, 0.25) is 0 Å². The van der Waals surface area contributed by atoms with Crippen molar-refractivity contribution >= 4 is 32.6 Å². The Morgan fingerprint density at radius 2 is 0.887 bits per heavy atom. The van der Waals surface area contributed by atoms with Gasteiger partial charge >= 0.3 is 0 Å². The number of benzene rings is 8. The molecule has 0 N–H and O–H groups in total. The van der Waals surface area contributed by atoms with Gasteiger partial charge in [-0.05, 0) is 63.3 Å². The first-order valence-electron chi connectivity index (χ1n) is 21.2. The van der Waals surface area contributed by atoms with Crippen molar-refractivity contribution in [3.8, 4) is 62.1 Å². The second-order valence-electron chi connectivity index (χ2n) is 12.7. The molecule has 0 unspecified atom stereocenters. The molecule has 0 radical (unpaired) electrons. The van der Waals surface area contributed by atoms with Gasteiger partial charge in [-0.3, -0.25) is 0 Å². The van der Waals surface area contributed by atoms with Crippen LogP contribution in [0.25, 0.3) is 94.7 Å². The van der Waals surface area contributed by atoms with Crippen molar-refractivity contribution in [2.75, 3.05) is 0 Å². The molecule has 0 saturated heterocycles. The second-order valence-corrected chi connectivity index (χ2v) is 12.7. The Hall–Kier alpha value is -7.17. The molecule has 0 aliphatic heterocycles. The molecule has 0 aliphatic rings. The fourth-order valence-electron chi connectivity index (χ4n) is 6.97. The molecule has 53 heavy (non-hydrogen) atoms. The van der Waals surface area contributed by atoms with E-state index < -0.39 is 36.3 Å². The first-order chi connectivity index (χ1) is 29.6. The van der Waals surface area contributed by atoms with Crippen molar-refractivity contribution in [1.29, 1.82) is 0 Å². The topological polar surface area (TPSA) is 43.6 Å². The predicted octanol–water partition coefficient (Wildman–Crippen LogP) is 12.5. The summed E-state index contributed by atoms with van der Waals surface area (Å²) in [6, 6.07) is 43.9. The van der Waals surface area contributed by atoms with Crippen molar-refractivity contribution < 1.29 is 11.0 Å². The van der Waals surface area contributed by atoms with E-state index in [1.54, 1.807) is 6.07 Å². The van der Waals surface area contributed by atoms with Crippen molar-refractivity contribution in [3.05, 3.63) is 194 Å². The third-order valence-electron chi connectivity index (χ3n) is 9.49. The third kappa shape index (κ3) is 5.54. The van der Waals surface area contributed by atoms with Crippen LogP contribution in [-0.4, -0.2) is 19.5 Å². The average Bonchev–Trinajstić information content (AvgIpc) is 3.68. The summed E-state index contributed by atoms with van der Waals surface area (Å²) in [5.41, 5.74) is 6.21. The van der Waals surface area contributed by atoms with Gasteiger partial charge in [-0.1, -0.05) is 164 Å². The van der Waals surface area contributed by atoms with Crippen LogP contribution in [0.2, 0.25) is 0 Å². The lowest BCUT2D eigenvalue weighted by molar-refractivity contribution is 1.07. The average molecular weight is 685 g/mol. The molecule has 0 amide bonds. The smallest absolute Gasteiger partial charge is 0.164 e. The lowest BCUT2D eigenvalue weighted by atomic mass is 9.97. The molecule has 2 heterocycles. The van der Waals surface area contributed by atoms with Crippen molar-refractivity contribution in [3.63, 3.8) is 0 Å². The SMILES string of the molecule is [2H]c1c([2H])c([2H])c2c(c1[2H])c1c([2H])c([2H])c([2H])c([2H])c1n2-c1cc(-c2ccccc2)cc(-c2nc(-c3ccccc3)nc(-c3ccc(-c4cccc5ccccc45)cc3)n2)c1. The predicted molar refractivity (Wildman–Crippen MR) is 219 cm³/mol. The third-order valence-corrected chi connectivity index (χ3v) is 9.49. The lowest BCUT2D eigenvalue weighted by Gasteiger charge is -2.14. The van der Waals surface area contributed by atoms with Gasteiger partial charge in [0.15, 0.2) is 17.5 Å². The van der Waals surface area contributed by atoms with E-state index in [1.807, 2.05) is 97.1 Å². The van der Waals surface area contributed by atoms with Crippen LogP contribution in [0, 0.1) is 0 Å². The molecular formula is C49H32N4. The van der Waals surface area contributed by atoms with Crippen molar-refractivity contribution in [1.82, 2.24) is 19.5 Å². The quantitative estimate of drug-likeness (QED) is 0.175. The van der Waals surface area contributed by atoms with Crippen LogP contribution in [0.15, 0.2) is 194 Å². The zero-order valence-corrected chi connectivity index (χ0v) is 28.1. The van der Waals surface area contributed by atoms with Gasteiger partial charge in [-0.15, -0.1) is 0 Å². The highest BCUT2D eigenvalue weighted by Crippen LogP contribution is 2.37. The summed E-state index contributed by atoms with van der Waals surface area (Å²) in [7, 11) is 0. The molecule has 0 saturated carbocycles. The maximum Gasteiger partial charge on any atom is 0.164 e. The van der Waals surface area contributed by atoms with Gasteiger partial charge in [-0.2, -0.15) is 0 Å². The molecular weight excluding hydrogens is 645 g/mol. The largest absolute Gasteiger partial charge is 0.309 e. The van der Waals surface area contributed by atoms with Crippen LogP contribution in [0.5, 0.6) is 0 Å². The van der Waals surface area contributed by atoms with Gasteiger partial charge in [0, 0.05) is 33.2 Å². The summed E-state index contributed by atoms with van der Waals surface area (Å²) in [5, 5.41) is 2.30. The number of aromatic nitrogens is 4. The second kappa shape index (κ2) is 12.9. The van der Waals surface area contributed by atoms with E-state index in [0.29, 0.717) is 34.3 Å². The Balaban J connectivity index is 1.24. The van der Waals surface area contributed by atoms with E-state index in [1.165, 1.54) is 4.57 Å². The van der Waals surface area contributed by atoms with E-state index in [0.717, 1.165) is 38.6 Å². The Morgan fingerprint density at radius 1 is 0.377 bits per heavy atom. The molecule has 0 atom stereocenters. The highest BCUT2D eigenvalue weighted by molar-refractivity contribution is 6.09. The molecule has 2 aromatic heterocycles. The lowest BCUT2D eigenvalue weighted by Crippen LogP contribution is -2.02. The fourth-order valence-corrected chi connectivity index (χ4v) is 6.97. The maximum atomic E-state index is 9.13. The Labute approximate surface area is 318 Å². The Bertz CT molecular complexity index is 3310. The summed E-state index contributed by atoms with van der Waals surface area (Å²) >= 11 is 0.